The number of benzene rings is 1. The van der Waals surface area contributed by atoms with E-state index in [1.165, 1.54) is 4.90 Å². The van der Waals surface area contributed by atoms with E-state index >= 15 is 0 Å². The lowest BCUT2D eigenvalue weighted by Gasteiger charge is -2.27. The lowest BCUT2D eigenvalue weighted by atomic mass is 10.2. The number of phenolic OH excluding ortho intramolecular Hbond substituents is 3. The number of rotatable bonds is 3. The van der Waals surface area contributed by atoms with Gasteiger partial charge in [-0.2, -0.15) is 0 Å². The van der Waals surface area contributed by atoms with E-state index in [2.05, 4.69) is 5.32 Å². The Hall–Kier alpha value is -2.16. The van der Waals surface area contributed by atoms with Crippen molar-refractivity contribution < 1.29 is 28.5 Å². The molecule has 0 aromatic heterocycles. The third kappa shape index (κ3) is 3.35. The zero-order valence-corrected chi connectivity index (χ0v) is 12.8. The van der Waals surface area contributed by atoms with E-state index in [1.54, 1.807) is 6.92 Å². The van der Waals surface area contributed by atoms with Gasteiger partial charge in [0.25, 0.3) is 0 Å². The van der Waals surface area contributed by atoms with Gasteiger partial charge in [0.05, 0.1) is 17.2 Å². The van der Waals surface area contributed by atoms with E-state index in [0.717, 1.165) is 12.1 Å². The number of phenols is 3. The summed E-state index contributed by atoms with van der Waals surface area (Å²) in [4.78, 5) is 13.6. The Labute approximate surface area is 127 Å². The topological polar surface area (TPSA) is 127 Å². The molecular formula is C13H18N2O6S. The van der Waals surface area contributed by atoms with Crippen LogP contribution in [0.25, 0.3) is 0 Å². The Kier molecular flexibility index (Phi) is 4.36. The maximum Gasteiger partial charge on any atom is 0.322 e. The Bertz CT molecular complexity index is 665. The highest BCUT2D eigenvalue weighted by atomic mass is 32.2. The van der Waals surface area contributed by atoms with E-state index in [9.17, 15) is 28.5 Å². The van der Waals surface area contributed by atoms with Crippen molar-refractivity contribution in [1.82, 2.24) is 4.90 Å². The number of amides is 2. The van der Waals surface area contributed by atoms with E-state index < -0.39 is 39.2 Å². The fourth-order valence-corrected chi connectivity index (χ4v) is 4.19. The average molecular weight is 330 g/mol. The summed E-state index contributed by atoms with van der Waals surface area (Å²) < 4.78 is 23.0. The predicted octanol–water partition coefficient (Wildman–Crippen LogP) is 0.844. The Morgan fingerprint density at radius 3 is 2.36 bits per heavy atom. The summed E-state index contributed by atoms with van der Waals surface area (Å²) in [7, 11) is -3.11. The van der Waals surface area contributed by atoms with Gasteiger partial charge in [-0.05, 0) is 13.3 Å². The van der Waals surface area contributed by atoms with Gasteiger partial charge in [-0.1, -0.05) is 0 Å². The first kappa shape index (κ1) is 16.2. The van der Waals surface area contributed by atoms with Crippen LogP contribution >= 0.6 is 0 Å². The third-order valence-electron chi connectivity index (χ3n) is 3.57. The summed E-state index contributed by atoms with van der Waals surface area (Å²) in [5.41, 5.74) is 0.0945. The summed E-state index contributed by atoms with van der Waals surface area (Å²) in [6, 6.07) is 1.25. The first-order chi connectivity index (χ1) is 10.2. The minimum Gasteiger partial charge on any atom is -0.504 e. The van der Waals surface area contributed by atoms with Crippen LogP contribution in [-0.2, 0) is 9.84 Å². The second-order valence-corrected chi connectivity index (χ2v) is 7.36. The van der Waals surface area contributed by atoms with E-state index in [-0.39, 0.29) is 17.2 Å². The second-order valence-electron chi connectivity index (χ2n) is 5.14. The molecule has 0 radical (unpaired) electrons. The van der Waals surface area contributed by atoms with Gasteiger partial charge < -0.3 is 25.5 Å². The van der Waals surface area contributed by atoms with Crippen molar-refractivity contribution in [3.63, 3.8) is 0 Å². The van der Waals surface area contributed by atoms with Crippen molar-refractivity contribution in [3.8, 4) is 17.2 Å². The van der Waals surface area contributed by atoms with Gasteiger partial charge in [0, 0.05) is 24.7 Å². The minimum atomic E-state index is -3.11. The Balaban J connectivity index is 2.13. The van der Waals surface area contributed by atoms with Crippen LogP contribution in [0.15, 0.2) is 12.1 Å². The van der Waals surface area contributed by atoms with Crippen molar-refractivity contribution >= 4 is 21.6 Å². The van der Waals surface area contributed by atoms with Crippen molar-refractivity contribution in [2.45, 2.75) is 19.4 Å². The molecule has 1 heterocycles. The van der Waals surface area contributed by atoms with Crippen molar-refractivity contribution in [2.75, 3.05) is 23.4 Å². The average Bonchev–Trinajstić information content (AvgIpc) is 2.77. The molecule has 0 aliphatic carbocycles. The predicted molar refractivity (Wildman–Crippen MR) is 79.9 cm³/mol. The maximum atomic E-state index is 12.2. The molecule has 2 amide bonds. The molecule has 1 atom stereocenters. The monoisotopic (exact) mass is 330 g/mol. The minimum absolute atomic E-state index is 0.0578. The highest BCUT2D eigenvalue weighted by molar-refractivity contribution is 7.91. The molecule has 0 spiro atoms. The number of sulfone groups is 1. The van der Waals surface area contributed by atoms with Crippen molar-refractivity contribution in [1.29, 1.82) is 0 Å². The van der Waals surface area contributed by atoms with Crippen molar-refractivity contribution in [3.05, 3.63) is 12.1 Å². The number of carbonyl (C=O) groups excluding carboxylic acids is 1. The molecule has 1 fully saturated rings. The number of nitrogens with zero attached hydrogens (tertiary/aromatic N) is 1. The number of carbonyl (C=O) groups is 1. The molecule has 2 rings (SSSR count). The van der Waals surface area contributed by atoms with Crippen LogP contribution in [0.3, 0.4) is 0 Å². The molecule has 122 valence electrons. The summed E-state index contributed by atoms with van der Waals surface area (Å²) in [5.74, 6) is -1.82. The lowest BCUT2D eigenvalue weighted by molar-refractivity contribution is 0.197. The van der Waals surface area contributed by atoms with Crippen LogP contribution in [0.2, 0.25) is 0 Å². The van der Waals surface area contributed by atoms with Gasteiger partial charge in [0.2, 0.25) is 0 Å². The second kappa shape index (κ2) is 5.91. The van der Waals surface area contributed by atoms with Crippen LogP contribution in [0, 0.1) is 0 Å². The van der Waals surface area contributed by atoms with Gasteiger partial charge in [-0.25, -0.2) is 13.2 Å². The zero-order valence-electron chi connectivity index (χ0n) is 12.0. The molecule has 1 aromatic rings. The van der Waals surface area contributed by atoms with E-state index in [4.69, 9.17) is 0 Å². The third-order valence-corrected chi connectivity index (χ3v) is 5.32. The molecule has 1 aliphatic rings. The van der Waals surface area contributed by atoms with E-state index in [1.807, 2.05) is 0 Å². The van der Waals surface area contributed by atoms with Gasteiger partial charge in [0.15, 0.2) is 27.1 Å². The summed E-state index contributed by atoms with van der Waals surface area (Å²) in [5, 5.41) is 30.6. The number of hydrogen-bond donors (Lipinski definition) is 4. The smallest absolute Gasteiger partial charge is 0.322 e. The molecule has 1 aromatic carbocycles. The number of urea groups is 1. The Morgan fingerprint density at radius 2 is 1.91 bits per heavy atom. The molecule has 0 bridgehead atoms. The number of nitrogens with one attached hydrogen (secondary N) is 1. The van der Waals surface area contributed by atoms with Crippen LogP contribution in [0.1, 0.15) is 13.3 Å². The van der Waals surface area contributed by atoms with Crippen LogP contribution in [0.5, 0.6) is 17.2 Å². The molecule has 0 saturated carbocycles. The molecular weight excluding hydrogens is 312 g/mol. The molecule has 8 nitrogen and oxygen atoms in total. The van der Waals surface area contributed by atoms with Crippen LogP contribution in [0.4, 0.5) is 10.5 Å². The molecule has 1 unspecified atom stereocenters. The first-order valence-corrected chi connectivity index (χ1v) is 8.58. The molecule has 4 N–H and O–H groups in total. The number of aromatic hydroxyl groups is 3. The molecule has 9 heteroatoms. The van der Waals surface area contributed by atoms with E-state index in [0.29, 0.717) is 13.0 Å². The van der Waals surface area contributed by atoms with Gasteiger partial charge in [-0.3, -0.25) is 0 Å². The Morgan fingerprint density at radius 1 is 1.32 bits per heavy atom. The van der Waals surface area contributed by atoms with Crippen molar-refractivity contribution in [2.24, 2.45) is 0 Å². The highest BCUT2D eigenvalue weighted by Gasteiger charge is 2.34. The summed E-state index contributed by atoms with van der Waals surface area (Å²) in [6.45, 7) is 2.05. The first-order valence-electron chi connectivity index (χ1n) is 6.76. The van der Waals surface area contributed by atoms with Gasteiger partial charge in [-0.15, -0.1) is 0 Å². The standard InChI is InChI=1S/C13H18N2O6S/c1-2-15(9-3-4-22(20,21)7-9)13(19)14-8-5-10(16)12(18)11(17)6-8/h5-6,9,16-18H,2-4,7H2,1H3,(H,14,19). The normalized spacial score (nSPS) is 19.8. The summed E-state index contributed by atoms with van der Waals surface area (Å²) >= 11 is 0. The van der Waals surface area contributed by atoms with Crippen LogP contribution in [-0.4, -0.2) is 58.8 Å². The molecule has 1 saturated heterocycles. The SMILES string of the molecule is CCN(C(=O)Nc1cc(O)c(O)c(O)c1)C1CCS(=O)(=O)C1. The van der Waals surface area contributed by atoms with Gasteiger partial charge in [0.1, 0.15) is 0 Å². The largest absolute Gasteiger partial charge is 0.504 e. The number of anilines is 1. The molecule has 1 aliphatic heterocycles. The van der Waals surface area contributed by atoms with Gasteiger partial charge >= 0.3 is 6.03 Å². The molecule has 22 heavy (non-hydrogen) atoms. The van der Waals surface area contributed by atoms with Crippen LogP contribution < -0.4 is 5.32 Å². The quantitative estimate of drug-likeness (QED) is 0.480. The zero-order chi connectivity index (χ0) is 16.5. The fourth-order valence-electron chi connectivity index (χ4n) is 2.46. The summed E-state index contributed by atoms with van der Waals surface area (Å²) in [6.07, 6.45) is 0.385. The lowest BCUT2D eigenvalue weighted by Crippen LogP contribution is -2.43. The fraction of sp³-hybridized carbons (Fsp3) is 0.462. The maximum absolute atomic E-state index is 12.2. The highest BCUT2D eigenvalue weighted by Crippen LogP contribution is 2.37. The number of hydrogen-bond acceptors (Lipinski definition) is 6.